The van der Waals surface area contributed by atoms with Gasteiger partial charge in [0.15, 0.2) is 0 Å². The van der Waals surface area contributed by atoms with Crippen molar-refractivity contribution in [1.29, 1.82) is 0 Å². The SMILES string of the molecule is C1=CCC=C1.C=CC(=C)C. The summed E-state index contributed by atoms with van der Waals surface area (Å²) in [6, 6.07) is 0. The molecule has 0 amide bonds. The van der Waals surface area contributed by atoms with E-state index in [4.69, 9.17) is 0 Å². The lowest BCUT2D eigenvalue weighted by atomic mass is 10.4. The van der Waals surface area contributed by atoms with Crippen molar-refractivity contribution in [3.8, 4) is 0 Å². The second-order valence-electron chi connectivity index (χ2n) is 2.14. The molecule has 10 heavy (non-hydrogen) atoms. The Kier molecular flexibility index (Phi) is 5.45. The summed E-state index contributed by atoms with van der Waals surface area (Å²) in [4.78, 5) is 0. The van der Waals surface area contributed by atoms with E-state index in [9.17, 15) is 0 Å². The van der Waals surface area contributed by atoms with E-state index in [1.165, 1.54) is 0 Å². The van der Waals surface area contributed by atoms with Crippen molar-refractivity contribution in [1.82, 2.24) is 0 Å². The molecular formula is C10H14. The molecule has 0 heteroatoms. The van der Waals surface area contributed by atoms with E-state index >= 15 is 0 Å². The lowest BCUT2D eigenvalue weighted by molar-refractivity contribution is 1.45. The van der Waals surface area contributed by atoms with Crippen LogP contribution in [0.25, 0.3) is 0 Å². The summed E-state index contributed by atoms with van der Waals surface area (Å²) in [6.45, 7) is 8.93. The lowest BCUT2D eigenvalue weighted by Gasteiger charge is -1.71. The van der Waals surface area contributed by atoms with Gasteiger partial charge in [0.25, 0.3) is 0 Å². The van der Waals surface area contributed by atoms with E-state index in [2.05, 4.69) is 37.5 Å². The van der Waals surface area contributed by atoms with Crippen LogP contribution in [-0.4, -0.2) is 0 Å². The fourth-order valence-electron chi connectivity index (χ4n) is 0.393. The summed E-state index contributed by atoms with van der Waals surface area (Å²) in [6.07, 6.45) is 11.2. The number of hydrogen-bond acceptors (Lipinski definition) is 0. The van der Waals surface area contributed by atoms with E-state index in [0.717, 1.165) is 12.0 Å². The van der Waals surface area contributed by atoms with Gasteiger partial charge in [-0.15, -0.1) is 0 Å². The van der Waals surface area contributed by atoms with Gasteiger partial charge in [-0.05, 0) is 13.3 Å². The fourth-order valence-corrected chi connectivity index (χ4v) is 0.393. The first-order chi connectivity index (χ1) is 4.77. The molecule has 1 rings (SSSR count). The third-order valence-electron chi connectivity index (χ3n) is 1.00. The summed E-state index contributed by atoms with van der Waals surface area (Å²) in [7, 11) is 0. The molecule has 0 heterocycles. The van der Waals surface area contributed by atoms with Gasteiger partial charge in [0.05, 0.1) is 0 Å². The van der Waals surface area contributed by atoms with E-state index in [-0.39, 0.29) is 0 Å². The van der Waals surface area contributed by atoms with Crippen molar-refractivity contribution in [2.45, 2.75) is 13.3 Å². The topological polar surface area (TPSA) is 0 Å². The third-order valence-corrected chi connectivity index (χ3v) is 1.00. The van der Waals surface area contributed by atoms with Gasteiger partial charge in [0.2, 0.25) is 0 Å². The van der Waals surface area contributed by atoms with Crippen molar-refractivity contribution >= 4 is 0 Å². The molecule has 0 saturated carbocycles. The van der Waals surface area contributed by atoms with E-state index in [1.807, 2.05) is 6.92 Å². The van der Waals surface area contributed by atoms with Crippen LogP contribution in [0.1, 0.15) is 13.3 Å². The minimum atomic E-state index is 1.02. The zero-order valence-corrected chi connectivity index (χ0v) is 6.51. The molecule has 0 saturated heterocycles. The van der Waals surface area contributed by atoms with Crippen molar-refractivity contribution in [2.75, 3.05) is 0 Å². The molecule has 0 atom stereocenters. The molecule has 0 fully saturated rings. The van der Waals surface area contributed by atoms with Crippen LogP contribution >= 0.6 is 0 Å². The first-order valence-corrected chi connectivity index (χ1v) is 3.37. The van der Waals surface area contributed by atoms with Gasteiger partial charge in [0.1, 0.15) is 0 Å². The predicted molar refractivity (Wildman–Crippen MR) is 47.9 cm³/mol. The Hall–Kier alpha value is -1.04. The van der Waals surface area contributed by atoms with Crippen molar-refractivity contribution in [3.63, 3.8) is 0 Å². The second kappa shape index (κ2) is 6.09. The number of allylic oxidation sites excluding steroid dienone is 6. The van der Waals surface area contributed by atoms with Gasteiger partial charge < -0.3 is 0 Å². The highest BCUT2D eigenvalue weighted by molar-refractivity contribution is 5.12. The summed E-state index contributed by atoms with van der Waals surface area (Å²) < 4.78 is 0. The molecule has 1 aliphatic rings. The average molecular weight is 134 g/mol. The fraction of sp³-hybridized carbons (Fsp3) is 0.200. The quantitative estimate of drug-likeness (QED) is 0.483. The summed E-state index contributed by atoms with van der Waals surface area (Å²) in [5.41, 5.74) is 1.02. The molecule has 0 nitrogen and oxygen atoms in total. The Morgan fingerprint density at radius 2 is 1.80 bits per heavy atom. The standard InChI is InChI=1S/C5H6.C5H8/c1-2-4-5-3-1;1-4-5(2)3/h1-4H,5H2;4H,1-2H2,3H3. The molecule has 1 aliphatic carbocycles. The van der Waals surface area contributed by atoms with Crippen LogP contribution in [0.5, 0.6) is 0 Å². The summed E-state index contributed by atoms with van der Waals surface area (Å²) in [5.74, 6) is 0. The van der Waals surface area contributed by atoms with E-state index < -0.39 is 0 Å². The van der Waals surface area contributed by atoms with Crippen molar-refractivity contribution < 1.29 is 0 Å². The van der Waals surface area contributed by atoms with E-state index in [0.29, 0.717) is 0 Å². The van der Waals surface area contributed by atoms with Crippen LogP contribution in [0.15, 0.2) is 49.1 Å². The normalized spacial score (nSPS) is 12.1. The molecule has 0 unspecified atom stereocenters. The Morgan fingerprint density at radius 3 is 1.90 bits per heavy atom. The minimum Gasteiger partial charge on any atom is -0.0988 e. The maximum atomic E-state index is 3.56. The van der Waals surface area contributed by atoms with Gasteiger partial charge in [-0.3, -0.25) is 0 Å². The zero-order chi connectivity index (χ0) is 7.82. The first kappa shape index (κ1) is 8.96. The van der Waals surface area contributed by atoms with Crippen LogP contribution in [0.3, 0.4) is 0 Å². The van der Waals surface area contributed by atoms with Gasteiger partial charge in [-0.25, -0.2) is 0 Å². The predicted octanol–water partition coefficient (Wildman–Crippen LogP) is 3.25. The van der Waals surface area contributed by atoms with E-state index in [1.54, 1.807) is 6.08 Å². The van der Waals surface area contributed by atoms with Gasteiger partial charge in [-0.1, -0.05) is 49.1 Å². The van der Waals surface area contributed by atoms with Crippen LogP contribution in [-0.2, 0) is 0 Å². The van der Waals surface area contributed by atoms with Crippen LogP contribution in [0.2, 0.25) is 0 Å². The molecule has 54 valence electrons. The Bertz CT molecular complexity index is 149. The Morgan fingerprint density at radius 1 is 1.40 bits per heavy atom. The molecule has 0 bridgehead atoms. The highest BCUT2D eigenvalue weighted by atomic mass is 13.8. The number of hydrogen-bond donors (Lipinski definition) is 0. The molecule has 0 N–H and O–H groups in total. The molecular weight excluding hydrogens is 120 g/mol. The van der Waals surface area contributed by atoms with Crippen molar-refractivity contribution in [3.05, 3.63) is 49.1 Å². The maximum Gasteiger partial charge on any atom is -0.0163 e. The number of rotatable bonds is 1. The highest BCUT2D eigenvalue weighted by Gasteiger charge is 1.72. The van der Waals surface area contributed by atoms with Crippen molar-refractivity contribution in [2.24, 2.45) is 0 Å². The Balaban J connectivity index is 0.000000162. The van der Waals surface area contributed by atoms with Crippen LogP contribution < -0.4 is 0 Å². The monoisotopic (exact) mass is 134 g/mol. The van der Waals surface area contributed by atoms with Gasteiger partial charge in [-0.2, -0.15) is 0 Å². The molecule has 0 aromatic heterocycles. The summed E-state index contributed by atoms with van der Waals surface area (Å²) in [5, 5.41) is 0. The first-order valence-electron chi connectivity index (χ1n) is 3.37. The van der Waals surface area contributed by atoms with Gasteiger partial charge >= 0.3 is 0 Å². The highest BCUT2D eigenvalue weighted by Crippen LogP contribution is 1.93. The minimum absolute atomic E-state index is 1.02. The van der Waals surface area contributed by atoms with Crippen LogP contribution in [0.4, 0.5) is 0 Å². The second-order valence-corrected chi connectivity index (χ2v) is 2.14. The molecule has 0 aromatic carbocycles. The lowest BCUT2D eigenvalue weighted by Crippen LogP contribution is -1.50. The largest absolute Gasteiger partial charge is 0.0988 e. The molecule has 0 radical (unpaired) electrons. The van der Waals surface area contributed by atoms with Crippen LogP contribution in [0, 0.1) is 0 Å². The average Bonchev–Trinajstić information content (AvgIpc) is 2.43. The smallest absolute Gasteiger partial charge is 0.0163 e. The third kappa shape index (κ3) is 6.96. The maximum absolute atomic E-state index is 3.56. The molecule has 0 aromatic rings. The van der Waals surface area contributed by atoms with Gasteiger partial charge in [0, 0.05) is 0 Å². The zero-order valence-electron chi connectivity index (χ0n) is 6.51. The summed E-state index contributed by atoms with van der Waals surface area (Å²) >= 11 is 0. The Labute approximate surface area is 63.3 Å². The molecule has 0 spiro atoms. The molecule has 0 aliphatic heterocycles.